The van der Waals surface area contributed by atoms with Crippen LogP contribution < -0.4 is 0 Å². The third kappa shape index (κ3) is 12.9. The van der Waals surface area contributed by atoms with Crippen LogP contribution in [0.1, 0.15) is 38.5 Å². The maximum Gasteiger partial charge on any atom is 0.331 e. The summed E-state index contributed by atoms with van der Waals surface area (Å²) in [6, 6.07) is 0. The molecule has 0 aliphatic rings. The SMILES string of the molecule is BC(B)CCCCCCCOC(=O)/C=C/C(=O)O. The molecule has 4 nitrogen and oxygen atoms in total. The largest absolute Gasteiger partial charge is 0.478 e. The highest BCUT2D eigenvalue weighted by molar-refractivity contribution is 6.35. The Morgan fingerprint density at radius 2 is 1.67 bits per heavy atom. The second kappa shape index (κ2) is 10.9. The fourth-order valence-corrected chi connectivity index (χ4v) is 1.55. The van der Waals surface area contributed by atoms with Crippen LogP contribution in [-0.4, -0.2) is 39.3 Å². The second-order valence-corrected chi connectivity index (χ2v) is 4.79. The van der Waals surface area contributed by atoms with Gasteiger partial charge in [-0.1, -0.05) is 37.8 Å². The van der Waals surface area contributed by atoms with Gasteiger partial charge >= 0.3 is 11.9 Å². The molecule has 0 rings (SSSR count). The Morgan fingerprint density at radius 1 is 1.06 bits per heavy atom. The van der Waals surface area contributed by atoms with Crippen molar-refractivity contribution in [2.75, 3.05) is 6.61 Å². The lowest BCUT2D eigenvalue weighted by molar-refractivity contribution is -0.138. The molecule has 0 aliphatic carbocycles. The Balaban J connectivity index is 3.30. The summed E-state index contributed by atoms with van der Waals surface area (Å²) in [6.07, 6.45) is 8.54. The van der Waals surface area contributed by atoms with Crippen LogP contribution in [0.5, 0.6) is 0 Å². The van der Waals surface area contributed by atoms with Crippen molar-refractivity contribution >= 4 is 27.6 Å². The van der Waals surface area contributed by atoms with E-state index < -0.39 is 11.9 Å². The van der Waals surface area contributed by atoms with Gasteiger partial charge in [-0.3, -0.25) is 0 Å². The van der Waals surface area contributed by atoms with Crippen molar-refractivity contribution in [1.29, 1.82) is 0 Å². The Hall–Kier alpha value is -1.19. The molecule has 0 saturated carbocycles. The molecule has 100 valence electrons. The van der Waals surface area contributed by atoms with Crippen LogP contribution in [0.4, 0.5) is 0 Å². The van der Waals surface area contributed by atoms with Crippen molar-refractivity contribution in [2.24, 2.45) is 0 Å². The molecule has 0 radical (unpaired) electrons. The predicted octanol–water partition coefficient (Wildman–Crippen LogP) is 0.523. The van der Waals surface area contributed by atoms with Gasteiger partial charge in [0.05, 0.1) is 22.3 Å². The van der Waals surface area contributed by atoms with Crippen LogP contribution in [0, 0.1) is 0 Å². The highest BCUT2D eigenvalue weighted by Crippen LogP contribution is 2.10. The number of unbranched alkanes of at least 4 members (excludes halogenated alkanes) is 4. The highest BCUT2D eigenvalue weighted by Gasteiger charge is 1.99. The number of esters is 1. The van der Waals surface area contributed by atoms with Crippen molar-refractivity contribution < 1.29 is 19.4 Å². The van der Waals surface area contributed by atoms with Gasteiger partial charge in [0.1, 0.15) is 0 Å². The molecule has 0 amide bonds. The molecule has 0 bridgehead atoms. The molecule has 1 N–H and O–H groups in total. The molecule has 0 unspecified atom stereocenters. The normalized spacial score (nSPS) is 10.9. The first-order chi connectivity index (χ1) is 8.52. The minimum absolute atomic E-state index is 0.368. The van der Waals surface area contributed by atoms with Crippen LogP contribution in [0.3, 0.4) is 0 Å². The van der Waals surface area contributed by atoms with E-state index in [0.717, 1.165) is 37.1 Å². The van der Waals surface area contributed by atoms with Gasteiger partial charge in [-0.25, -0.2) is 9.59 Å². The van der Waals surface area contributed by atoms with Gasteiger partial charge in [0.2, 0.25) is 0 Å². The average Bonchev–Trinajstić information content (AvgIpc) is 2.29. The zero-order valence-electron chi connectivity index (χ0n) is 11.4. The number of carboxylic acids is 1. The van der Waals surface area contributed by atoms with E-state index in [0.29, 0.717) is 6.61 Å². The molecular weight excluding hydrogens is 230 g/mol. The lowest BCUT2D eigenvalue weighted by Gasteiger charge is -2.04. The van der Waals surface area contributed by atoms with Crippen LogP contribution in [-0.2, 0) is 14.3 Å². The summed E-state index contributed by atoms with van der Waals surface area (Å²) < 4.78 is 4.85. The number of carbonyl (C=O) groups excluding carboxylic acids is 1. The first-order valence-electron chi connectivity index (χ1n) is 6.60. The van der Waals surface area contributed by atoms with Crippen LogP contribution in [0.2, 0.25) is 5.72 Å². The zero-order chi connectivity index (χ0) is 13.8. The molecular formula is C12H22B2O4. The molecule has 0 saturated heterocycles. The van der Waals surface area contributed by atoms with E-state index in [2.05, 4.69) is 15.7 Å². The molecule has 0 aromatic rings. The Morgan fingerprint density at radius 3 is 2.28 bits per heavy atom. The maximum atomic E-state index is 11.0. The van der Waals surface area contributed by atoms with Crippen molar-refractivity contribution in [3.8, 4) is 0 Å². The summed E-state index contributed by atoms with van der Waals surface area (Å²) in [5.74, 6) is -1.73. The quantitative estimate of drug-likeness (QED) is 0.266. The van der Waals surface area contributed by atoms with E-state index in [1.807, 2.05) is 0 Å². The molecule has 6 heteroatoms. The van der Waals surface area contributed by atoms with Gasteiger partial charge in [-0.05, 0) is 6.42 Å². The summed E-state index contributed by atoms with van der Waals surface area (Å²) in [4.78, 5) is 21.1. The van der Waals surface area contributed by atoms with E-state index >= 15 is 0 Å². The number of carboxylic acid groups (broad SMARTS) is 1. The first kappa shape index (κ1) is 16.8. The summed E-state index contributed by atoms with van der Waals surface area (Å²) in [5.41, 5.74) is 0.770. The number of hydrogen-bond donors (Lipinski definition) is 1. The summed E-state index contributed by atoms with van der Waals surface area (Å²) in [5, 5.41) is 8.30. The minimum Gasteiger partial charge on any atom is -0.478 e. The second-order valence-electron chi connectivity index (χ2n) is 4.79. The van der Waals surface area contributed by atoms with Crippen molar-refractivity contribution in [3.63, 3.8) is 0 Å². The van der Waals surface area contributed by atoms with E-state index in [1.165, 1.54) is 19.3 Å². The first-order valence-corrected chi connectivity index (χ1v) is 6.60. The van der Waals surface area contributed by atoms with E-state index in [-0.39, 0.29) is 0 Å². The fraction of sp³-hybridized carbons (Fsp3) is 0.667. The van der Waals surface area contributed by atoms with E-state index in [9.17, 15) is 9.59 Å². The Kier molecular flexibility index (Phi) is 10.2. The summed E-state index contributed by atoms with van der Waals surface area (Å²) in [7, 11) is 4.45. The Labute approximate surface area is 111 Å². The number of aliphatic carboxylic acids is 1. The number of carbonyl (C=O) groups is 2. The van der Waals surface area contributed by atoms with Gasteiger partial charge in [-0.15, -0.1) is 0 Å². The van der Waals surface area contributed by atoms with Gasteiger partial charge in [0.25, 0.3) is 0 Å². The lowest BCUT2D eigenvalue weighted by atomic mass is 9.68. The monoisotopic (exact) mass is 252 g/mol. The third-order valence-electron chi connectivity index (χ3n) is 2.53. The van der Waals surface area contributed by atoms with Crippen LogP contribution >= 0.6 is 0 Å². The average molecular weight is 252 g/mol. The molecule has 0 heterocycles. The summed E-state index contributed by atoms with van der Waals surface area (Å²) >= 11 is 0. The van der Waals surface area contributed by atoms with Gasteiger partial charge in [0.15, 0.2) is 0 Å². The van der Waals surface area contributed by atoms with Crippen LogP contribution in [0.25, 0.3) is 0 Å². The summed E-state index contributed by atoms with van der Waals surface area (Å²) in [6.45, 7) is 0.368. The zero-order valence-corrected chi connectivity index (χ0v) is 11.4. The van der Waals surface area contributed by atoms with Gasteiger partial charge < -0.3 is 9.84 Å². The number of hydrogen-bond acceptors (Lipinski definition) is 3. The maximum absolute atomic E-state index is 11.0. The van der Waals surface area contributed by atoms with E-state index in [1.54, 1.807) is 0 Å². The van der Waals surface area contributed by atoms with Crippen molar-refractivity contribution in [1.82, 2.24) is 0 Å². The van der Waals surface area contributed by atoms with Gasteiger partial charge in [0, 0.05) is 12.2 Å². The lowest BCUT2D eigenvalue weighted by Crippen LogP contribution is -2.03. The topological polar surface area (TPSA) is 63.6 Å². The van der Waals surface area contributed by atoms with Crippen molar-refractivity contribution in [3.05, 3.63) is 12.2 Å². The number of rotatable bonds is 10. The number of ether oxygens (including phenoxy) is 1. The molecule has 0 spiro atoms. The van der Waals surface area contributed by atoms with Gasteiger partial charge in [-0.2, -0.15) is 0 Å². The Bertz CT molecular complexity index is 277. The standard InChI is InChI=1S/C12H22B2O4/c13-10(14)6-4-2-1-3-5-9-18-12(17)8-7-11(15)16/h7-8,10H,1-6,9,13-14H2,(H,15,16)/b8-7+. The highest BCUT2D eigenvalue weighted by atomic mass is 16.5. The predicted molar refractivity (Wildman–Crippen MR) is 76.3 cm³/mol. The molecule has 0 aromatic heterocycles. The van der Waals surface area contributed by atoms with Crippen molar-refractivity contribution in [2.45, 2.75) is 44.2 Å². The molecule has 0 atom stereocenters. The third-order valence-corrected chi connectivity index (χ3v) is 2.53. The fourth-order valence-electron chi connectivity index (χ4n) is 1.55. The molecule has 0 aliphatic heterocycles. The molecule has 0 aromatic carbocycles. The smallest absolute Gasteiger partial charge is 0.331 e. The van der Waals surface area contributed by atoms with Crippen LogP contribution in [0.15, 0.2) is 12.2 Å². The molecule has 0 fully saturated rings. The minimum atomic E-state index is -1.14. The van der Waals surface area contributed by atoms with E-state index in [4.69, 9.17) is 9.84 Å². The molecule has 18 heavy (non-hydrogen) atoms.